The normalized spacial score (nSPS) is 16.8. The molecule has 3 aromatic rings. The summed E-state index contributed by atoms with van der Waals surface area (Å²) >= 11 is 0. The van der Waals surface area contributed by atoms with Crippen molar-refractivity contribution in [3.63, 3.8) is 0 Å². The third-order valence-corrected chi connectivity index (χ3v) is 5.60. The van der Waals surface area contributed by atoms with Crippen LogP contribution in [0.2, 0.25) is 0 Å². The van der Waals surface area contributed by atoms with E-state index in [1.807, 2.05) is 48.0 Å². The highest BCUT2D eigenvalue weighted by molar-refractivity contribution is 5.99. The van der Waals surface area contributed by atoms with Gasteiger partial charge in [-0.05, 0) is 51.8 Å². The third kappa shape index (κ3) is 3.92. The molecule has 0 aliphatic carbocycles. The highest BCUT2D eigenvalue weighted by Gasteiger charge is 2.30. The number of hydrogen-bond acceptors (Lipinski definition) is 4. The number of likely N-dealkylation sites (tertiary alicyclic amines) is 1. The van der Waals surface area contributed by atoms with Gasteiger partial charge in [0.15, 0.2) is 5.65 Å². The summed E-state index contributed by atoms with van der Waals surface area (Å²) in [6, 6.07) is 11.5. The molecular formula is C23H27N5O2. The van der Waals surface area contributed by atoms with Gasteiger partial charge in [-0.1, -0.05) is 18.2 Å². The molecule has 1 N–H and O–H groups in total. The first kappa shape index (κ1) is 20.1. The topological polar surface area (TPSA) is 80.1 Å². The van der Waals surface area contributed by atoms with Gasteiger partial charge in [0.1, 0.15) is 0 Å². The Kier molecular flexibility index (Phi) is 5.53. The minimum Gasteiger partial charge on any atom is -0.338 e. The molecule has 7 heteroatoms. The number of aromatic nitrogens is 3. The average molecular weight is 406 g/mol. The molecule has 0 radical (unpaired) electrons. The van der Waals surface area contributed by atoms with Gasteiger partial charge in [0.2, 0.25) is 5.91 Å². The Morgan fingerprint density at radius 2 is 1.97 bits per heavy atom. The lowest BCUT2D eigenvalue weighted by Gasteiger charge is -2.32. The van der Waals surface area contributed by atoms with Crippen LogP contribution in [-0.4, -0.2) is 44.6 Å². The molecule has 3 heterocycles. The smallest absolute Gasteiger partial charge is 0.255 e. The second-order valence-corrected chi connectivity index (χ2v) is 8.16. The van der Waals surface area contributed by atoms with E-state index in [9.17, 15) is 9.59 Å². The number of aryl methyl sites for hydroxylation is 1. The van der Waals surface area contributed by atoms with Gasteiger partial charge in [0.05, 0.1) is 23.4 Å². The van der Waals surface area contributed by atoms with Gasteiger partial charge in [-0.2, -0.15) is 5.10 Å². The number of para-hydroxylation sites is 1. The SMILES string of the molecule is Cc1nc2c(cnn2C(C)C)cc1C(=O)N1CCCC(C(=O)Nc2ccccc2)C1. The number of pyridine rings is 1. The maximum Gasteiger partial charge on any atom is 0.255 e. The molecule has 1 saturated heterocycles. The second kappa shape index (κ2) is 8.26. The molecule has 7 nitrogen and oxygen atoms in total. The van der Waals surface area contributed by atoms with Crippen LogP contribution in [-0.2, 0) is 4.79 Å². The van der Waals surface area contributed by atoms with E-state index in [-0.39, 0.29) is 23.8 Å². The summed E-state index contributed by atoms with van der Waals surface area (Å²) in [6.07, 6.45) is 3.34. The van der Waals surface area contributed by atoms with Crippen molar-refractivity contribution in [2.75, 3.05) is 18.4 Å². The Labute approximate surface area is 176 Å². The van der Waals surface area contributed by atoms with E-state index in [0.29, 0.717) is 24.3 Å². The largest absolute Gasteiger partial charge is 0.338 e. The van der Waals surface area contributed by atoms with E-state index in [1.54, 1.807) is 11.1 Å². The van der Waals surface area contributed by atoms with Crippen molar-refractivity contribution in [2.45, 2.75) is 39.7 Å². The molecule has 1 unspecified atom stereocenters. The maximum absolute atomic E-state index is 13.3. The molecule has 1 aromatic carbocycles. The van der Waals surface area contributed by atoms with Crippen molar-refractivity contribution in [1.82, 2.24) is 19.7 Å². The highest BCUT2D eigenvalue weighted by atomic mass is 16.2. The minimum atomic E-state index is -0.219. The fourth-order valence-corrected chi connectivity index (χ4v) is 3.97. The molecule has 2 amide bonds. The van der Waals surface area contributed by atoms with Gasteiger partial charge >= 0.3 is 0 Å². The number of rotatable bonds is 4. The number of piperidine rings is 1. The van der Waals surface area contributed by atoms with Crippen molar-refractivity contribution in [1.29, 1.82) is 0 Å². The molecule has 1 aliphatic heterocycles. The van der Waals surface area contributed by atoms with Gasteiger partial charge in [-0.3, -0.25) is 9.59 Å². The van der Waals surface area contributed by atoms with Crippen LogP contribution in [0.1, 0.15) is 48.8 Å². The van der Waals surface area contributed by atoms with Crippen LogP contribution in [0.25, 0.3) is 11.0 Å². The zero-order valence-corrected chi connectivity index (χ0v) is 17.6. The molecule has 2 aromatic heterocycles. The number of benzene rings is 1. The molecule has 0 bridgehead atoms. The fraction of sp³-hybridized carbons (Fsp3) is 0.391. The Morgan fingerprint density at radius 3 is 2.70 bits per heavy atom. The summed E-state index contributed by atoms with van der Waals surface area (Å²) in [6.45, 7) is 7.03. The Bertz CT molecular complexity index is 1070. The zero-order chi connectivity index (χ0) is 21.3. The van der Waals surface area contributed by atoms with Crippen LogP contribution in [0.15, 0.2) is 42.6 Å². The van der Waals surface area contributed by atoms with E-state index in [1.165, 1.54) is 0 Å². The van der Waals surface area contributed by atoms with Crippen molar-refractivity contribution < 1.29 is 9.59 Å². The van der Waals surface area contributed by atoms with Gasteiger partial charge < -0.3 is 10.2 Å². The van der Waals surface area contributed by atoms with Gasteiger partial charge in [0, 0.05) is 30.2 Å². The molecule has 4 rings (SSSR count). The minimum absolute atomic E-state index is 0.0396. The van der Waals surface area contributed by atoms with Crippen LogP contribution in [0.4, 0.5) is 5.69 Å². The average Bonchev–Trinajstić information content (AvgIpc) is 3.16. The van der Waals surface area contributed by atoms with Gasteiger partial charge in [0.25, 0.3) is 5.91 Å². The molecule has 0 saturated carbocycles. The van der Waals surface area contributed by atoms with Crippen LogP contribution in [0, 0.1) is 12.8 Å². The third-order valence-electron chi connectivity index (χ3n) is 5.60. The fourth-order valence-electron chi connectivity index (χ4n) is 3.97. The van der Waals surface area contributed by atoms with Crippen LogP contribution < -0.4 is 5.32 Å². The number of fused-ring (bicyclic) bond motifs is 1. The summed E-state index contributed by atoms with van der Waals surface area (Å²) < 4.78 is 1.86. The predicted octanol–water partition coefficient (Wildman–Crippen LogP) is 3.81. The van der Waals surface area contributed by atoms with Crippen molar-refractivity contribution >= 4 is 28.5 Å². The molecule has 1 fully saturated rings. The first-order valence-corrected chi connectivity index (χ1v) is 10.4. The number of amides is 2. The first-order valence-electron chi connectivity index (χ1n) is 10.4. The second-order valence-electron chi connectivity index (χ2n) is 8.16. The summed E-state index contributed by atoms with van der Waals surface area (Å²) in [5.41, 5.74) is 2.83. The lowest BCUT2D eigenvalue weighted by atomic mass is 9.96. The summed E-state index contributed by atoms with van der Waals surface area (Å²) in [5, 5.41) is 8.21. The predicted molar refractivity (Wildman–Crippen MR) is 116 cm³/mol. The van der Waals surface area contributed by atoms with E-state index in [2.05, 4.69) is 29.2 Å². The molecule has 0 spiro atoms. The number of carbonyl (C=O) groups excluding carboxylic acids is 2. The number of nitrogens with one attached hydrogen (secondary N) is 1. The molecule has 30 heavy (non-hydrogen) atoms. The highest BCUT2D eigenvalue weighted by Crippen LogP contribution is 2.24. The van der Waals surface area contributed by atoms with E-state index >= 15 is 0 Å². The van der Waals surface area contributed by atoms with E-state index < -0.39 is 0 Å². The van der Waals surface area contributed by atoms with Crippen molar-refractivity contribution in [2.24, 2.45) is 5.92 Å². The van der Waals surface area contributed by atoms with Crippen molar-refractivity contribution in [3.05, 3.63) is 53.9 Å². The quantitative estimate of drug-likeness (QED) is 0.716. The van der Waals surface area contributed by atoms with Crippen LogP contribution >= 0.6 is 0 Å². The lowest BCUT2D eigenvalue weighted by molar-refractivity contribution is -0.121. The Hall–Kier alpha value is -3.22. The monoisotopic (exact) mass is 405 g/mol. The number of anilines is 1. The van der Waals surface area contributed by atoms with E-state index in [4.69, 9.17) is 0 Å². The standard InChI is InChI=1S/C23H27N5O2/c1-15(2)28-21-18(13-24-28)12-20(16(3)25-21)23(30)27-11-7-8-17(14-27)22(29)26-19-9-5-4-6-10-19/h4-6,9-10,12-13,15,17H,7-8,11,14H2,1-3H3,(H,26,29). The number of nitrogens with zero attached hydrogens (tertiary/aromatic N) is 4. The molecule has 1 aliphatic rings. The summed E-state index contributed by atoms with van der Waals surface area (Å²) in [7, 11) is 0. The molecular weight excluding hydrogens is 378 g/mol. The van der Waals surface area contributed by atoms with Crippen LogP contribution in [0.5, 0.6) is 0 Å². The summed E-state index contributed by atoms with van der Waals surface area (Å²) in [4.78, 5) is 32.4. The lowest BCUT2D eigenvalue weighted by Crippen LogP contribution is -2.44. The zero-order valence-electron chi connectivity index (χ0n) is 17.6. The maximum atomic E-state index is 13.3. The number of hydrogen-bond donors (Lipinski definition) is 1. The Balaban J connectivity index is 1.51. The number of carbonyl (C=O) groups is 2. The van der Waals surface area contributed by atoms with Gasteiger partial charge in [-0.15, -0.1) is 0 Å². The van der Waals surface area contributed by atoms with Crippen LogP contribution in [0.3, 0.4) is 0 Å². The van der Waals surface area contributed by atoms with E-state index in [0.717, 1.165) is 29.6 Å². The molecule has 156 valence electrons. The van der Waals surface area contributed by atoms with Gasteiger partial charge in [-0.25, -0.2) is 9.67 Å². The Morgan fingerprint density at radius 1 is 1.20 bits per heavy atom. The summed E-state index contributed by atoms with van der Waals surface area (Å²) in [5.74, 6) is -0.331. The first-order chi connectivity index (χ1) is 14.4. The molecule has 1 atom stereocenters. The van der Waals surface area contributed by atoms with Crippen molar-refractivity contribution in [3.8, 4) is 0 Å².